The van der Waals surface area contributed by atoms with Gasteiger partial charge in [0, 0.05) is 16.0 Å². The Hall–Kier alpha value is -2.31. The van der Waals surface area contributed by atoms with Crippen LogP contribution >= 0.6 is 23.1 Å². The Morgan fingerprint density at radius 3 is 2.81 bits per heavy atom. The van der Waals surface area contributed by atoms with E-state index in [1.165, 1.54) is 16.2 Å². The number of thiazole rings is 1. The normalized spacial score (nSPS) is 10.5. The molecular formula is C20H20N2O2S2. The summed E-state index contributed by atoms with van der Waals surface area (Å²) >= 11 is 3.15. The number of carbonyl (C=O) groups is 1. The summed E-state index contributed by atoms with van der Waals surface area (Å²) in [6.07, 6.45) is 0. The summed E-state index contributed by atoms with van der Waals surface area (Å²) in [7, 11) is 0. The third-order valence-corrected chi connectivity index (χ3v) is 5.48. The van der Waals surface area contributed by atoms with E-state index in [-0.39, 0.29) is 12.5 Å². The molecule has 3 aromatic rings. The zero-order chi connectivity index (χ0) is 18.4. The summed E-state index contributed by atoms with van der Waals surface area (Å²) in [4.78, 5) is 17.8. The minimum atomic E-state index is -0.206. The molecule has 0 aliphatic carbocycles. The Balaban J connectivity index is 1.49. The van der Waals surface area contributed by atoms with Crippen LogP contribution in [-0.2, 0) is 10.5 Å². The number of anilines is 1. The van der Waals surface area contributed by atoms with Crippen molar-refractivity contribution < 1.29 is 9.53 Å². The number of thioether (sulfide) groups is 1. The van der Waals surface area contributed by atoms with Gasteiger partial charge in [0.15, 0.2) is 11.7 Å². The maximum atomic E-state index is 12.1. The maximum Gasteiger partial charge on any atom is 0.264 e. The van der Waals surface area contributed by atoms with Gasteiger partial charge in [0.1, 0.15) is 5.75 Å². The van der Waals surface area contributed by atoms with Gasteiger partial charge >= 0.3 is 0 Å². The van der Waals surface area contributed by atoms with Crippen LogP contribution in [0.1, 0.15) is 16.8 Å². The summed E-state index contributed by atoms with van der Waals surface area (Å²) in [6.45, 7) is 3.93. The number of nitrogens with zero attached hydrogens (tertiary/aromatic N) is 1. The van der Waals surface area contributed by atoms with Gasteiger partial charge in [-0.2, -0.15) is 0 Å². The van der Waals surface area contributed by atoms with Crippen LogP contribution in [0.5, 0.6) is 5.75 Å². The van der Waals surface area contributed by atoms with Crippen LogP contribution in [0.25, 0.3) is 0 Å². The molecule has 0 aliphatic heterocycles. The van der Waals surface area contributed by atoms with Crippen molar-refractivity contribution in [3.05, 3.63) is 70.7 Å². The van der Waals surface area contributed by atoms with Gasteiger partial charge in [-0.1, -0.05) is 30.3 Å². The molecule has 1 heterocycles. The van der Waals surface area contributed by atoms with Crippen molar-refractivity contribution in [2.24, 2.45) is 0 Å². The first-order chi connectivity index (χ1) is 12.6. The van der Waals surface area contributed by atoms with Gasteiger partial charge in [-0.05, 0) is 43.2 Å². The number of aromatic nitrogens is 1. The molecule has 26 heavy (non-hydrogen) atoms. The molecule has 1 N–H and O–H groups in total. The molecule has 3 rings (SSSR count). The molecule has 0 unspecified atom stereocenters. The average molecular weight is 385 g/mol. The van der Waals surface area contributed by atoms with Crippen molar-refractivity contribution in [3.63, 3.8) is 0 Å². The first-order valence-electron chi connectivity index (χ1n) is 8.22. The number of hydrogen-bond acceptors (Lipinski definition) is 5. The van der Waals surface area contributed by atoms with Gasteiger partial charge < -0.3 is 4.74 Å². The van der Waals surface area contributed by atoms with Crippen molar-refractivity contribution in [2.75, 3.05) is 11.9 Å². The minimum absolute atomic E-state index is 0.0298. The highest BCUT2D eigenvalue weighted by molar-refractivity contribution is 7.98. The topological polar surface area (TPSA) is 51.2 Å². The molecule has 0 fully saturated rings. The largest absolute Gasteiger partial charge is 0.483 e. The standard InChI is InChI=1S/C20H20N2O2S2/c1-14-8-9-15(2)18(10-14)24-11-19(23)22-20-21-16(13-26-20)12-25-17-6-4-3-5-7-17/h3-10,13H,11-12H2,1-2H3,(H,21,22,23). The Morgan fingerprint density at radius 1 is 1.19 bits per heavy atom. The van der Waals surface area contributed by atoms with E-state index in [1.54, 1.807) is 11.8 Å². The lowest BCUT2D eigenvalue weighted by Crippen LogP contribution is -2.20. The molecule has 1 amide bonds. The fourth-order valence-electron chi connectivity index (χ4n) is 2.27. The summed E-state index contributed by atoms with van der Waals surface area (Å²) in [5.41, 5.74) is 3.07. The molecule has 0 aliphatic rings. The van der Waals surface area contributed by atoms with Crippen LogP contribution in [0.4, 0.5) is 5.13 Å². The lowest BCUT2D eigenvalue weighted by Gasteiger charge is -2.09. The lowest BCUT2D eigenvalue weighted by atomic mass is 10.1. The van der Waals surface area contributed by atoms with Crippen LogP contribution in [0, 0.1) is 13.8 Å². The average Bonchev–Trinajstić information content (AvgIpc) is 3.09. The predicted molar refractivity (Wildman–Crippen MR) is 108 cm³/mol. The van der Waals surface area contributed by atoms with Crippen molar-refractivity contribution in [3.8, 4) is 5.75 Å². The highest BCUT2D eigenvalue weighted by atomic mass is 32.2. The van der Waals surface area contributed by atoms with Crippen LogP contribution in [-0.4, -0.2) is 17.5 Å². The van der Waals surface area contributed by atoms with Gasteiger partial charge in [0.05, 0.1) is 5.69 Å². The Labute approximate surface area is 161 Å². The fourth-order valence-corrected chi connectivity index (χ4v) is 3.91. The maximum absolute atomic E-state index is 12.1. The van der Waals surface area contributed by atoms with Crippen LogP contribution in [0.15, 0.2) is 58.8 Å². The Morgan fingerprint density at radius 2 is 2.00 bits per heavy atom. The van der Waals surface area contributed by atoms with Crippen LogP contribution < -0.4 is 10.1 Å². The molecule has 0 saturated carbocycles. The third kappa shape index (κ3) is 5.34. The minimum Gasteiger partial charge on any atom is -0.483 e. The molecule has 1 aromatic heterocycles. The van der Waals surface area contributed by atoms with E-state index < -0.39 is 0 Å². The third-order valence-electron chi connectivity index (χ3n) is 3.63. The van der Waals surface area contributed by atoms with Crippen molar-refractivity contribution in [2.45, 2.75) is 24.5 Å². The number of ether oxygens (including phenoxy) is 1. The molecule has 6 heteroatoms. The SMILES string of the molecule is Cc1ccc(C)c(OCC(=O)Nc2nc(CSc3ccccc3)cs2)c1. The number of aryl methyl sites for hydroxylation is 2. The van der Waals surface area contributed by atoms with E-state index in [0.717, 1.165) is 28.3 Å². The number of amides is 1. The summed E-state index contributed by atoms with van der Waals surface area (Å²) in [5.74, 6) is 1.30. The zero-order valence-electron chi connectivity index (χ0n) is 14.7. The van der Waals surface area contributed by atoms with Crippen molar-refractivity contribution in [1.29, 1.82) is 0 Å². The van der Waals surface area contributed by atoms with E-state index in [4.69, 9.17) is 4.74 Å². The van der Waals surface area contributed by atoms with Gasteiger partial charge in [-0.15, -0.1) is 23.1 Å². The zero-order valence-corrected chi connectivity index (χ0v) is 16.3. The smallest absolute Gasteiger partial charge is 0.264 e. The molecule has 0 radical (unpaired) electrons. The van der Waals surface area contributed by atoms with Crippen molar-refractivity contribution in [1.82, 2.24) is 4.98 Å². The van der Waals surface area contributed by atoms with Gasteiger partial charge in [0.2, 0.25) is 0 Å². The molecule has 0 spiro atoms. The highest BCUT2D eigenvalue weighted by Crippen LogP contribution is 2.25. The second-order valence-electron chi connectivity index (χ2n) is 5.85. The number of rotatable bonds is 7. The van der Waals surface area contributed by atoms with Crippen LogP contribution in [0.2, 0.25) is 0 Å². The van der Waals surface area contributed by atoms with E-state index in [2.05, 4.69) is 22.4 Å². The second kappa shape index (κ2) is 8.87. The van der Waals surface area contributed by atoms with Crippen molar-refractivity contribution >= 4 is 34.1 Å². The summed E-state index contributed by atoms with van der Waals surface area (Å²) in [5, 5.41) is 5.37. The molecule has 134 valence electrons. The Bertz CT molecular complexity index is 879. The highest BCUT2D eigenvalue weighted by Gasteiger charge is 2.09. The van der Waals surface area contributed by atoms with E-state index in [1.807, 2.05) is 55.6 Å². The molecule has 0 saturated heterocycles. The molecule has 4 nitrogen and oxygen atoms in total. The van der Waals surface area contributed by atoms with E-state index in [9.17, 15) is 4.79 Å². The quantitative estimate of drug-likeness (QED) is 0.578. The van der Waals surface area contributed by atoms with Gasteiger partial charge in [-0.3, -0.25) is 10.1 Å². The number of nitrogens with one attached hydrogen (secondary N) is 1. The summed E-state index contributed by atoms with van der Waals surface area (Å²) in [6, 6.07) is 16.1. The lowest BCUT2D eigenvalue weighted by molar-refractivity contribution is -0.118. The first-order valence-corrected chi connectivity index (χ1v) is 10.1. The fraction of sp³-hybridized carbons (Fsp3) is 0.200. The van der Waals surface area contributed by atoms with Crippen LogP contribution in [0.3, 0.4) is 0 Å². The Kier molecular flexibility index (Phi) is 6.30. The molecule has 0 bridgehead atoms. The monoisotopic (exact) mass is 384 g/mol. The molecule has 2 aromatic carbocycles. The predicted octanol–water partition coefficient (Wildman–Crippen LogP) is 5.07. The van der Waals surface area contributed by atoms with Gasteiger partial charge in [0.25, 0.3) is 5.91 Å². The molecular weight excluding hydrogens is 364 g/mol. The number of carbonyl (C=O) groups excluding carboxylic acids is 1. The second-order valence-corrected chi connectivity index (χ2v) is 7.76. The number of hydrogen-bond donors (Lipinski definition) is 1. The van der Waals surface area contributed by atoms with E-state index >= 15 is 0 Å². The number of benzene rings is 2. The van der Waals surface area contributed by atoms with E-state index in [0.29, 0.717) is 5.13 Å². The molecule has 0 atom stereocenters. The first kappa shape index (κ1) is 18.5. The summed E-state index contributed by atoms with van der Waals surface area (Å²) < 4.78 is 5.62. The van der Waals surface area contributed by atoms with Gasteiger partial charge in [-0.25, -0.2) is 4.98 Å².